The Morgan fingerprint density at radius 2 is 0.667 bits per heavy atom. The highest BCUT2D eigenvalue weighted by Crippen LogP contribution is 2.43. The van der Waals surface area contributed by atoms with Crippen LogP contribution in [0.4, 0.5) is 0 Å². The maximum atomic E-state index is 10.4. The van der Waals surface area contributed by atoms with Gasteiger partial charge < -0.3 is 20.4 Å². The predicted molar refractivity (Wildman–Crippen MR) is 192 cm³/mol. The molecule has 6 heteroatoms. The van der Waals surface area contributed by atoms with Gasteiger partial charge in [0.2, 0.25) is 0 Å². The van der Waals surface area contributed by atoms with Crippen LogP contribution in [0.25, 0.3) is 43.8 Å². The summed E-state index contributed by atoms with van der Waals surface area (Å²) in [5.74, 6) is 0.849. The highest BCUT2D eigenvalue weighted by atomic mass is 79.9. The minimum Gasteiger partial charge on any atom is -0.507 e. The van der Waals surface area contributed by atoms with Crippen molar-refractivity contribution in [1.82, 2.24) is 0 Å². The number of aryl methyl sites for hydroxylation is 1. The zero-order chi connectivity index (χ0) is 31.9. The van der Waals surface area contributed by atoms with Crippen LogP contribution in [0.3, 0.4) is 0 Å². The molecule has 0 atom stereocenters. The average Bonchev–Trinajstić information content (AvgIpc) is 3.06. The first-order chi connectivity index (χ1) is 21.8. The van der Waals surface area contributed by atoms with E-state index in [9.17, 15) is 20.4 Å². The first kappa shape index (κ1) is 31.6. The summed E-state index contributed by atoms with van der Waals surface area (Å²) in [5.41, 5.74) is 4.79. The normalized spacial score (nSPS) is 10.5. The standard InChI is InChI=1S/C22H16O2.C10H6Br2O2.C7H8/c23-19-13-12-18-17(21(19)15-7-3-1-4-8-15)11-14-20(24)22(18)16-9-5-2-6-10-16;11-9-5-1-3-7(13)10(12)6(5)2-4-8(9)14;1-7-5-3-2-4-6-7/h1-14,23-24H;1-4,13-14H;2-6H,1H3. The molecule has 0 aliphatic carbocycles. The number of phenolic OH excluding ortho intramolecular Hbond substituents is 4. The average molecular weight is 722 g/mol. The van der Waals surface area contributed by atoms with E-state index in [4.69, 9.17) is 0 Å². The molecule has 0 bridgehead atoms. The van der Waals surface area contributed by atoms with Crippen molar-refractivity contribution in [3.8, 4) is 45.3 Å². The van der Waals surface area contributed by atoms with Crippen molar-refractivity contribution in [2.45, 2.75) is 6.92 Å². The Hall–Kier alpha value is -4.78. The lowest BCUT2D eigenvalue weighted by molar-refractivity contribution is 0.470. The number of halogens is 2. The third-order valence-corrected chi connectivity index (χ3v) is 8.92. The number of aromatic hydroxyl groups is 4. The van der Waals surface area contributed by atoms with E-state index >= 15 is 0 Å². The molecule has 0 saturated heterocycles. The second-order valence-electron chi connectivity index (χ2n) is 10.3. The van der Waals surface area contributed by atoms with Crippen LogP contribution in [0.5, 0.6) is 23.0 Å². The lowest BCUT2D eigenvalue weighted by Crippen LogP contribution is -1.87. The molecule has 45 heavy (non-hydrogen) atoms. The van der Waals surface area contributed by atoms with Crippen LogP contribution >= 0.6 is 31.9 Å². The van der Waals surface area contributed by atoms with E-state index in [0.717, 1.165) is 43.8 Å². The van der Waals surface area contributed by atoms with Gasteiger partial charge in [0.05, 0.1) is 8.95 Å². The van der Waals surface area contributed by atoms with Crippen LogP contribution < -0.4 is 0 Å². The van der Waals surface area contributed by atoms with Gasteiger partial charge in [0.1, 0.15) is 23.0 Å². The molecule has 0 unspecified atom stereocenters. The maximum absolute atomic E-state index is 10.4. The molecular weight excluding hydrogens is 692 g/mol. The number of benzene rings is 7. The van der Waals surface area contributed by atoms with Crippen LogP contribution in [0, 0.1) is 6.92 Å². The second kappa shape index (κ2) is 14.3. The molecule has 0 fully saturated rings. The van der Waals surface area contributed by atoms with Gasteiger partial charge in [-0.3, -0.25) is 0 Å². The summed E-state index contributed by atoms with van der Waals surface area (Å²) in [4.78, 5) is 0. The molecule has 4 nitrogen and oxygen atoms in total. The summed E-state index contributed by atoms with van der Waals surface area (Å²) in [5, 5.41) is 43.3. The minimum atomic E-state index is 0.190. The monoisotopic (exact) mass is 720 g/mol. The quantitative estimate of drug-likeness (QED) is 0.143. The molecule has 224 valence electrons. The smallest absolute Gasteiger partial charge is 0.130 e. The molecule has 0 aromatic heterocycles. The van der Waals surface area contributed by atoms with Gasteiger partial charge in [0, 0.05) is 21.9 Å². The van der Waals surface area contributed by atoms with Crippen LogP contribution in [-0.2, 0) is 0 Å². The molecule has 0 saturated carbocycles. The van der Waals surface area contributed by atoms with Gasteiger partial charge >= 0.3 is 0 Å². The molecule has 0 spiro atoms. The number of fused-ring (bicyclic) bond motifs is 2. The molecule has 0 radical (unpaired) electrons. The van der Waals surface area contributed by atoms with E-state index in [1.165, 1.54) is 5.56 Å². The summed E-state index contributed by atoms with van der Waals surface area (Å²) in [6.07, 6.45) is 0. The van der Waals surface area contributed by atoms with Gasteiger partial charge in [-0.25, -0.2) is 0 Å². The molecule has 0 amide bonds. The van der Waals surface area contributed by atoms with Gasteiger partial charge in [-0.05, 0) is 109 Å². The Balaban J connectivity index is 0.000000160. The van der Waals surface area contributed by atoms with E-state index in [0.29, 0.717) is 8.95 Å². The molecule has 7 aromatic carbocycles. The van der Waals surface area contributed by atoms with Crippen molar-refractivity contribution < 1.29 is 20.4 Å². The molecule has 0 heterocycles. The lowest BCUT2D eigenvalue weighted by atomic mass is 9.91. The van der Waals surface area contributed by atoms with Crippen LogP contribution in [0.15, 0.2) is 148 Å². The minimum absolute atomic E-state index is 0.190. The lowest BCUT2D eigenvalue weighted by Gasteiger charge is -2.14. The first-order valence-corrected chi connectivity index (χ1v) is 15.7. The topological polar surface area (TPSA) is 80.9 Å². The maximum Gasteiger partial charge on any atom is 0.130 e. The van der Waals surface area contributed by atoms with Crippen molar-refractivity contribution >= 4 is 53.4 Å². The number of hydrogen-bond donors (Lipinski definition) is 4. The van der Waals surface area contributed by atoms with Crippen LogP contribution in [0.1, 0.15) is 5.56 Å². The number of phenols is 4. The Kier molecular flexibility index (Phi) is 10.1. The summed E-state index contributed by atoms with van der Waals surface area (Å²) in [6.45, 7) is 2.08. The van der Waals surface area contributed by atoms with Crippen LogP contribution in [0.2, 0.25) is 0 Å². The summed E-state index contributed by atoms with van der Waals surface area (Å²) in [6, 6.07) is 43.6. The zero-order valence-electron chi connectivity index (χ0n) is 24.3. The Labute approximate surface area is 278 Å². The van der Waals surface area contributed by atoms with Gasteiger partial charge in [0.15, 0.2) is 0 Å². The van der Waals surface area contributed by atoms with Gasteiger partial charge in [0.25, 0.3) is 0 Å². The zero-order valence-corrected chi connectivity index (χ0v) is 27.5. The molecule has 0 aliphatic rings. The van der Waals surface area contributed by atoms with Gasteiger partial charge in [-0.15, -0.1) is 0 Å². The SMILES string of the molecule is Cc1ccccc1.Oc1ccc2c(-c3ccccc3)c(O)ccc2c1-c1ccccc1.Oc1ccc2c(Br)c(O)ccc2c1Br. The molecule has 4 N–H and O–H groups in total. The highest BCUT2D eigenvalue weighted by Gasteiger charge is 2.15. The third-order valence-electron chi connectivity index (χ3n) is 7.25. The third kappa shape index (κ3) is 7.14. The highest BCUT2D eigenvalue weighted by molar-refractivity contribution is 9.11. The van der Waals surface area contributed by atoms with Crippen molar-refractivity contribution in [3.05, 3.63) is 154 Å². The van der Waals surface area contributed by atoms with E-state index in [1.54, 1.807) is 36.4 Å². The fourth-order valence-electron chi connectivity index (χ4n) is 5.04. The van der Waals surface area contributed by atoms with Crippen molar-refractivity contribution in [1.29, 1.82) is 0 Å². The predicted octanol–water partition coefficient (Wildman–Crippen LogP) is 11.4. The molecular formula is C39H30Br2O4. The number of hydrogen-bond acceptors (Lipinski definition) is 4. The molecule has 0 aliphatic heterocycles. The van der Waals surface area contributed by atoms with E-state index in [-0.39, 0.29) is 23.0 Å². The van der Waals surface area contributed by atoms with Crippen molar-refractivity contribution in [2.75, 3.05) is 0 Å². The molecule has 7 rings (SSSR count). The fourth-order valence-corrected chi connectivity index (χ4v) is 6.00. The van der Waals surface area contributed by atoms with Gasteiger partial charge in [-0.1, -0.05) is 96.6 Å². The van der Waals surface area contributed by atoms with E-state index in [1.807, 2.05) is 91.0 Å². The van der Waals surface area contributed by atoms with Crippen molar-refractivity contribution in [2.24, 2.45) is 0 Å². The van der Waals surface area contributed by atoms with Crippen LogP contribution in [-0.4, -0.2) is 20.4 Å². The molecule has 7 aromatic rings. The van der Waals surface area contributed by atoms with E-state index < -0.39 is 0 Å². The Morgan fingerprint density at radius 3 is 1.00 bits per heavy atom. The Bertz CT molecular complexity index is 1930. The second-order valence-corrected chi connectivity index (χ2v) is 11.9. The number of rotatable bonds is 2. The Morgan fingerprint density at radius 1 is 0.356 bits per heavy atom. The fraction of sp³-hybridized carbons (Fsp3) is 0.0256. The first-order valence-electron chi connectivity index (χ1n) is 14.1. The summed E-state index contributed by atoms with van der Waals surface area (Å²) >= 11 is 6.57. The van der Waals surface area contributed by atoms with E-state index in [2.05, 4.69) is 50.9 Å². The summed E-state index contributed by atoms with van der Waals surface area (Å²) < 4.78 is 1.27. The largest absolute Gasteiger partial charge is 0.507 e. The summed E-state index contributed by atoms with van der Waals surface area (Å²) in [7, 11) is 0. The van der Waals surface area contributed by atoms with Crippen molar-refractivity contribution in [3.63, 3.8) is 0 Å². The van der Waals surface area contributed by atoms with Gasteiger partial charge in [-0.2, -0.15) is 0 Å².